The van der Waals surface area contributed by atoms with E-state index in [1.54, 1.807) is 7.11 Å². The van der Waals surface area contributed by atoms with Crippen LogP contribution in [-0.4, -0.2) is 27.3 Å². The molecule has 0 bridgehead atoms. The van der Waals surface area contributed by atoms with Crippen LogP contribution >= 0.6 is 0 Å². The van der Waals surface area contributed by atoms with E-state index in [9.17, 15) is 0 Å². The zero-order valence-electron chi connectivity index (χ0n) is 13.3. The maximum absolute atomic E-state index is 5.96. The summed E-state index contributed by atoms with van der Waals surface area (Å²) in [5, 5.41) is 12.1. The molecule has 0 atom stereocenters. The first-order valence-electron chi connectivity index (χ1n) is 7.05. The van der Waals surface area contributed by atoms with Gasteiger partial charge in [-0.3, -0.25) is 0 Å². The molecule has 0 aliphatic carbocycles. The molecule has 1 aromatic carbocycles. The summed E-state index contributed by atoms with van der Waals surface area (Å²) >= 11 is 0. The third kappa shape index (κ3) is 3.15. The smallest absolute Gasteiger partial charge is 0.182 e. The highest BCUT2D eigenvalue weighted by Gasteiger charge is 2.25. The van der Waals surface area contributed by atoms with E-state index >= 15 is 0 Å². The van der Waals surface area contributed by atoms with Crippen LogP contribution in [0, 0.1) is 11.3 Å². The Morgan fingerprint density at radius 3 is 2.62 bits per heavy atom. The van der Waals surface area contributed by atoms with Crippen molar-refractivity contribution in [3.8, 4) is 17.1 Å². The molecule has 2 aromatic rings. The fourth-order valence-electron chi connectivity index (χ4n) is 1.96. The second-order valence-electron chi connectivity index (χ2n) is 6.26. The van der Waals surface area contributed by atoms with Crippen molar-refractivity contribution in [1.82, 2.24) is 20.2 Å². The summed E-state index contributed by atoms with van der Waals surface area (Å²) in [6.45, 7) is 9.58. The fourth-order valence-corrected chi connectivity index (χ4v) is 1.96. The van der Waals surface area contributed by atoms with Crippen LogP contribution in [0.2, 0.25) is 0 Å². The molecule has 0 saturated heterocycles. The van der Waals surface area contributed by atoms with Gasteiger partial charge in [0.2, 0.25) is 0 Å². The summed E-state index contributed by atoms with van der Waals surface area (Å²) in [6, 6.07) is 5.58. The largest absolute Gasteiger partial charge is 0.495 e. The quantitative estimate of drug-likeness (QED) is 0.856. The lowest BCUT2D eigenvalue weighted by molar-refractivity contribution is 0.200. The van der Waals surface area contributed by atoms with Crippen molar-refractivity contribution in [1.29, 1.82) is 0 Å². The van der Waals surface area contributed by atoms with Gasteiger partial charge in [0.15, 0.2) is 5.82 Å². The van der Waals surface area contributed by atoms with Crippen molar-refractivity contribution in [3.63, 3.8) is 0 Å². The average Bonchev–Trinajstić information content (AvgIpc) is 2.85. The third-order valence-electron chi connectivity index (χ3n) is 4.14. The summed E-state index contributed by atoms with van der Waals surface area (Å²) in [7, 11) is 1.60. The predicted molar refractivity (Wildman–Crippen MR) is 82.8 cm³/mol. The van der Waals surface area contributed by atoms with E-state index < -0.39 is 0 Å². The van der Waals surface area contributed by atoms with Crippen molar-refractivity contribution in [3.05, 3.63) is 18.2 Å². The number of ether oxygens (including phenoxy) is 1. The molecule has 6 heteroatoms. The van der Waals surface area contributed by atoms with Gasteiger partial charge in [-0.15, -0.1) is 5.10 Å². The van der Waals surface area contributed by atoms with E-state index in [4.69, 9.17) is 10.5 Å². The highest BCUT2D eigenvalue weighted by Crippen LogP contribution is 2.31. The Hall–Kier alpha value is -2.11. The number of nitrogens with zero attached hydrogens (tertiary/aromatic N) is 4. The maximum atomic E-state index is 5.96. The van der Waals surface area contributed by atoms with Crippen molar-refractivity contribution in [2.45, 2.75) is 34.2 Å². The van der Waals surface area contributed by atoms with Crippen LogP contribution in [0.25, 0.3) is 11.4 Å². The maximum Gasteiger partial charge on any atom is 0.182 e. The Labute approximate surface area is 125 Å². The van der Waals surface area contributed by atoms with Gasteiger partial charge in [-0.05, 0) is 40.0 Å². The molecular weight excluding hydrogens is 266 g/mol. The molecule has 2 N–H and O–H groups in total. The topological polar surface area (TPSA) is 78.9 Å². The molecule has 1 heterocycles. The van der Waals surface area contributed by atoms with Crippen molar-refractivity contribution >= 4 is 5.69 Å². The van der Waals surface area contributed by atoms with Gasteiger partial charge in [0.05, 0.1) is 19.3 Å². The molecule has 2 rings (SSSR count). The molecule has 0 aliphatic heterocycles. The molecule has 0 radical (unpaired) electrons. The molecule has 114 valence electrons. The van der Waals surface area contributed by atoms with E-state index in [1.165, 1.54) is 0 Å². The summed E-state index contributed by atoms with van der Waals surface area (Å²) in [6.07, 6.45) is 0. The number of benzene rings is 1. The lowest BCUT2D eigenvalue weighted by Crippen LogP contribution is -2.26. The van der Waals surface area contributed by atoms with E-state index in [2.05, 4.69) is 43.2 Å². The lowest BCUT2D eigenvalue weighted by atomic mass is 9.81. The number of tetrazole rings is 1. The highest BCUT2D eigenvalue weighted by atomic mass is 16.5. The normalized spacial score (nSPS) is 11.9. The monoisotopic (exact) mass is 289 g/mol. The standard InChI is InChI=1S/C15H23N5O/c1-10(2)15(3,4)9-20-14(17-18-19-20)11-6-7-13(21-5)12(16)8-11/h6-8,10H,9,16H2,1-5H3. The van der Waals surface area contributed by atoms with Crippen LogP contribution in [0.5, 0.6) is 5.75 Å². The number of nitrogens with two attached hydrogens (primary N) is 1. The summed E-state index contributed by atoms with van der Waals surface area (Å²) < 4.78 is 7.01. The van der Waals surface area contributed by atoms with Crippen LogP contribution in [0.4, 0.5) is 5.69 Å². The second kappa shape index (κ2) is 5.71. The Kier molecular flexibility index (Phi) is 4.16. The number of aromatic nitrogens is 4. The van der Waals surface area contributed by atoms with Gasteiger partial charge in [0.25, 0.3) is 0 Å². The first-order valence-corrected chi connectivity index (χ1v) is 7.05. The van der Waals surface area contributed by atoms with Gasteiger partial charge in [-0.25, -0.2) is 4.68 Å². The fraction of sp³-hybridized carbons (Fsp3) is 0.533. The van der Waals surface area contributed by atoms with Crippen LogP contribution in [0.15, 0.2) is 18.2 Å². The van der Waals surface area contributed by atoms with Crippen molar-refractivity contribution in [2.24, 2.45) is 11.3 Å². The molecule has 1 aromatic heterocycles. The number of rotatable bonds is 5. The van der Waals surface area contributed by atoms with Gasteiger partial charge < -0.3 is 10.5 Å². The van der Waals surface area contributed by atoms with Crippen LogP contribution in [0.3, 0.4) is 0 Å². The van der Waals surface area contributed by atoms with E-state index in [0.29, 0.717) is 17.4 Å². The number of methoxy groups -OCH3 is 1. The summed E-state index contributed by atoms with van der Waals surface area (Å²) in [4.78, 5) is 0. The zero-order valence-corrected chi connectivity index (χ0v) is 13.3. The molecule has 6 nitrogen and oxygen atoms in total. The third-order valence-corrected chi connectivity index (χ3v) is 4.14. The van der Waals surface area contributed by atoms with E-state index in [-0.39, 0.29) is 5.41 Å². The van der Waals surface area contributed by atoms with Gasteiger partial charge in [-0.2, -0.15) is 0 Å². The molecule has 21 heavy (non-hydrogen) atoms. The molecule has 0 amide bonds. The SMILES string of the molecule is COc1ccc(-c2nnnn2CC(C)(C)C(C)C)cc1N. The Balaban J connectivity index is 2.34. The molecule has 0 spiro atoms. The Morgan fingerprint density at radius 1 is 1.33 bits per heavy atom. The van der Waals surface area contributed by atoms with Crippen LogP contribution in [-0.2, 0) is 6.54 Å². The number of nitrogen functional groups attached to an aromatic ring is 1. The second-order valence-corrected chi connectivity index (χ2v) is 6.26. The molecule has 0 fully saturated rings. The predicted octanol–water partition coefficient (Wildman–Crippen LogP) is 2.61. The minimum absolute atomic E-state index is 0.0994. The minimum Gasteiger partial charge on any atom is -0.495 e. The Bertz CT molecular complexity index is 618. The average molecular weight is 289 g/mol. The number of hydrogen-bond donors (Lipinski definition) is 1. The van der Waals surface area contributed by atoms with E-state index in [1.807, 2.05) is 22.9 Å². The van der Waals surface area contributed by atoms with Gasteiger partial charge in [0, 0.05) is 5.56 Å². The zero-order chi connectivity index (χ0) is 15.6. The number of hydrogen-bond acceptors (Lipinski definition) is 5. The number of anilines is 1. The van der Waals surface area contributed by atoms with Crippen LogP contribution in [0.1, 0.15) is 27.7 Å². The lowest BCUT2D eigenvalue weighted by Gasteiger charge is -2.29. The first-order chi connectivity index (χ1) is 9.85. The van der Waals surface area contributed by atoms with E-state index in [0.717, 1.165) is 17.9 Å². The van der Waals surface area contributed by atoms with Gasteiger partial charge in [-0.1, -0.05) is 27.7 Å². The summed E-state index contributed by atoms with van der Waals surface area (Å²) in [5.41, 5.74) is 7.52. The van der Waals surface area contributed by atoms with Crippen molar-refractivity contribution in [2.75, 3.05) is 12.8 Å². The van der Waals surface area contributed by atoms with Gasteiger partial charge in [0.1, 0.15) is 5.75 Å². The van der Waals surface area contributed by atoms with Gasteiger partial charge >= 0.3 is 0 Å². The Morgan fingerprint density at radius 2 is 2.05 bits per heavy atom. The molecule has 0 saturated carbocycles. The van der Waals surface area contributed by atoms with Crippen LogP contribution < -0.4 is 10.5 Å². The first kappa shape index (κ1) is 15.3. The molecule has 0 unspecified atom stereocenters. The summed E-state index contributed by atoms with van der Waals surface area (Å²) in [5.74, 6) is 1.90. The molecule has 0 aliphatic rings. The molecular formula is C15H23N5O. The highest BCUT2D eigenvalue weighted by molar-refractivity contribution is 5.66. The minimum atomic E-state index is 0.0994. The van der Waals surface area contributed by atoms with Crippen molar-refractivity contribution < 1.29 is 4.74 Å².